The van der Waals surface area contributed by atoms with Crippen LogP contribution in [0.25, 0.3) is 0 Å². The van der Waals surface area contributed by atoms with Gasteiger partial charge in [0.1, 0.15) is 16.9 Å². The molecule has 1 N–H and O–H groups in total. The predicted molar refractivity (Wildman–Crippen MR) is 123 cm³/mol. The summed E-state index contributed by atoms with van der Waals surface area (Å²) in [6.45, 7) is 0.532. The van der Waals surface area contributed by atoms with Crippen LogP contribution >= 0.6 is 24.0 Å². The number of aromatic nitrogens is 1. The van der Waals surface area contributed by atoms with Gasteiger partial charge in [-0.2, -0.15) is 13.2 Å². The Labute approximate surface area is 210 Å². The van der Waals surface area contributed by atoms with E-state index in [1.807, 2.05) is 0 Å². The van der Waals surface area contributed by atoms with E-state index in [0.717, 1.165) is 49.1 Å². The zero-order valence-corrected chi connectivity index (χ0v) is 20.1. The van der Waals surface area contributed by atoms with Gasteiger partial charge in [0.05, 0.1) is 11.1 Å². The van der Waals surface area contributed by atoms with E-state index in [1.54, 1.807) is 0 Å². The predicted octanol–water partition coefficient (Wildman–Crippen LogP) is 6.46. The highest BCUT2D eigenvalue weighted by Gasteiger charge is 2.42. The summed E-state index contributed by atoms with van der Waals surface area (Å²) in [5, 5.41) is 9.12. The van der Waals surface area contributed by atoms with Crippen LogP contribution in [-0.2, 0) is 12.7 Å². The van der Waals surface area contributed by atoms with E-state index in [0.29, 0.717) is 19.4 Å². The number of benzene rings is 1. The summed E-state index contributed by atoms with van der Waals surface area (Å²) < 4.78 is 59.0. The number of hydrogen-bond donors (Lipinski definition) is 1. The third kappa shape index (κ3) is 5.37. The summed E-state index contributed by atoms with van der Waals surface area (Å²) in [6, 6.07) is 4.02. The molecule has 1 aromatic heterocycles. The number of pyridine rings is 1. The van der Waals surface area contributed by atoms with Crippen LogP contribution in [0.2, 0.25) is 5.02 Å². The Morgan fingerprint density at radius 3 is 2.34 bits per heavy atom. The van der Waals surface area contributed by atoms with Crippen molar-refractivity contribution in [2.45, 2.75) is 75.4 Å². The smallest absolute Gasteiger partial charge is 0.417 e. The van der Waals surface area contributed by atoms with Crippen LogP contribution in [0.5, 0.6) is 5.88 Å². The van der Waals surface area contributed by atoms with Gasteiger partial charge in [-0.1, -0.05) is 11.6 Å². The molecule has 5 rings (SSSR count). The normalized spacial score (nSPS) is 24.2. The Morgan fingerprint density at radius 1 is 1.14 bits per heavy atom. The fourth-order valence-corrected chi connectivity index (χ4v) is 5.52. The first-order chi connectivity index (χ1) is 16.1. The highest BCUT2D eigenvalue weighted by atomic mass is 35.5. The van der Waals surface area contributed by atoms with Crippen LogP contribution in [0.15, 0.2) is 24.4 Å². The van der Waals surface area contributed by atoms with Crippen LogP contribution in [-0.4, -0.2) is 39.1 Å². The Hall–Kier alpha value is -2.10. The number of carboxylic acid groups (broad SMARTS) is 1. The summed E-state index contributed by atoms with van der Waals surface area (Å²) in [7, 11) is 0. The first-order valence-electron chi connectivity index (χ1n) is 11.3. The fourth-order valence-electron chi connectivity index (χ4n) is 5.31. The van der Waals surface area contributed by atoms with Crippen molar-refractivity contribution in [3.63, 3.8) is 0 Å². The molecule has 2 aliphatic heterocycles. The van der Waals surface area contributed by atoms with Gasteiger partial charge in [-0.3, -0.25) is 4.90 Å². The highest BCUT2D eigenvalue weighted by Crippen LogP contribution is 2.45. The summed E-state index contributed by atoms with van der Waals surface area (Å²) in [5.74, 6) is -1.71. The maximum absolute atomic E-state index is 14.5. The SMILES string of the molecule is Cl.O=C(O)c1cc(C2CC2)c(CN2[C@@H]3CC[C@H]2C[C@@H](Oc2ncc(C(F)(F)F)cc2Cl)C3)cc1F. The van der Waals surface area contributed by atoms with E-state index in [4.69, 9.17) is 16.3 Å². The van der Waals surface area contributed by atoms with E-state index >= 15 is 0 Å². The molecule has 3 heterocycles. The maximum atomic E-state index is 14.5. The molecule has 1 aromatic carbocycles. The molecule has 0 radical (unpaired) electrons. The minimum atomic E-state index is -4.53. The van der Waals surface area contributed by atoms with Crippen molar-refractivity contribution in [3.8, 4) is 5.88 Å². The van der Waals surface area contributed by atoms with Crippen LogP contribution in [0, 0.1) is 5.82 Å². The molecule has 2 aromatic rings. The van der Waals surface area contributed by atoms with E-state index in [9.17, 15) is 27.5 Å². The number of nitrogens with zero attached hydrogens (tertiary/aromatic N) is 2. The molecule has 1 saturated carbocycles. The van der Waals surface area contributed by atoms with Gasteiger partial charge in [-0.25, -0.2) is 14.2 Å². The van der Waals surface area contributed by atoms with Gasteiger partial charge in [-0.15, -0.1) is 12.4 Å². The average Bonchev–Trinajstić information content (AvgIpc) is 3.56. The number of halogens is 6. The number of alkyl halides is 3. The van der Waals surface area contributed by atoms with Crippen molar-refractivity contribution < 1.29 is 32.2 Å². The molecule has 0 amide bonds. The van der Waals surface area contributed by atoms with Crippen molar-refractivity contribution in [1.29, 1.82) is 0 Å². The lowest BCUT2D eigenvalue weighted by Gasteiger charge is -2.39. The van der Waals surface area contributed by atoms with E-state index in [1.165, 1.54) is 12.1 Å². The second-order valence-corrected chi connectivity index (χ2v) is 9.79. The molecule has 3 atom stereocenters. The van der Waals surface area contributed by atoms with Crippen LogP contribution in [0.1, 0.15) is 71.5 Å². The summed E-state index contributed by atoms with van der Waals surface area (Å²) in [6.07, 6.45) is 1.10. The zero-order valence-electron chi connectivity index (χ0n) is 18.5. The molecular weight excluding hydrogens is 511 g/mol. The summed E-state index contributed by atoms with van der Waals surface area (Å²) in [5.41, 5.74) is 0.528. The molecule has 0 unspecified atom stereocenters. The Kier molecular flexibility index (Phi) is 7.23. The molecule has 190 valence electrons. The van der Waals surface area contributed by atoms with Crippen molar-refractivity contribution in [3.05, 3.63) is 57.5 Å². The van der Waals surface area contributed by atoms with Gasteiger partial charge in [0.25, 0.3) is 0 Å². The monoisotopic (exact) mass is 534 g/mol. The van der Waals surface area contributed by atoms with Gasteiger partial charge < -0.3 is 9.84 Å². The van der Waals surface area contributed by atoms with Gasteiger partial charge >= 0.3 is 12.1 Å². The Morgan fingerprint density at radius 2 is 1.80 bits per heavy atom. The van der Waals surface area contributed by atoms with E-state index < -0.39 is 23.5 Å². The first-order valence-corrected chi connectivity index (χ1v) is 11.7. The van der Waals surface area contributed by atoms with Crippen LogP contribution < -0.4 is 4.74 Å². The van der Waals surface area contributed by atoms with E-state index in [2.05, 4.69) is 9.88 Å². The van der Waals surface area contributed by atoms with Crippen molar-refractivity contribution >= 4 is 30.0 Å². The largest absolute Gasteiger partial charge is 0.478 e. The van der Waals surface area contributed by atoms with Crippen molar-refractivity contribution in [1.82, 2.24) is 9.88 Å². The molecule has 3 aliphatic rings. The van der Waals surface area contributed by atoms with Crippen molar-refractivity contribution in [2.24, 2.45) is 0 Å². The Balaban J connectivity index is 0.00000289. The maximum Gasteiger partial charge on any atom is 0.417 e. The number of carbonyl (C=O) groups is 1. The number of fused-ring (bicyclic) bond motifs is 2. The van der Waals surface area contributed by atoms with Crippen molar-refractivity contribution in [2.75, 3.05) is 0 Å². The number of piperidine rings is 1. The fraction of sp³-hybridized carbons (Fsp3) is 0.500. The molecular formula is C24H24Cl2F4N2O3. The third-order valence-electron chi connectivity index (χ3n) is 7.08. The average molecular weight is 535 g/mol. The second-order valence-electron chi connectivity index (χ2n) is 9.39. The molecule has 11 heteroatoms. The quantitative estimate of drug-likeness (QED) is 0.430. The summed E-state index contributed by atoms with van der Waals surface area (Å²) >= 11 is 6.01. The molecule has 2 saturated heterocycles. The standard InChI is InChI=1S/C24H23ClF4N2O3.ClH/c25-20-6-14(24(27,28)29)10-30-22(20)34-17-7-15-3-4-16(8-17)31(15)11-13-5-21(26)19(23(32)33)9-18(13)12-1-2-12;/h5-6,9-10,12,15-17H,1-4,7-8,11H2,(H,32,33);1H/t15-,16+,17+;. The van der Waals surface area contributed by atoms with Gasteiger partial charge in [0.2, 0.25) is 5.88 Å². The molecule has 35 heavy (non-hydrogen) atoms. The lowest BCUT2D eigenvalue weighted by atomic mass is 9.95. The van der Waals surface area contributed by atoms with Gasteiger partial charge in [0.15, 0.2) is 0 Å². The zero-order chi connectivity index (χ0) is 24.2. The first kappa shape index (κ1) is 26.0. The molecule has 5 nitrogen and oxygen atoms in total. The summed E-state index contributed by atoms with van der Waals surface area (Å²) in [4.78, 5) is 17.5. The molecule has 1 aliphatic carbocycles. The second kappa shape index (κ2) is 9.75. The Bertz CT molecular complexity index is 1110. The minimum absolute atomic E-state index is 0. The van der Waals surface area contributed by atoms with E-state index in [-0.39, 0.29) is 53.0 Å². The minimum Gasteiger partial charge on any atom is -0.478 e. The van der Waals surface area contributed by atoms with Gasteiger partial charge in [0, 0.05) is 24.8 Å². The number of rotatable bonds is 6. The number of aromatic carboxylic acids is 1. The molecule has 0 spiro atoms. The number of ether oxygens (including phenoxy) is 1. The lowest BCUT2D eigenvalue weighted by Crippen LogP contribution is -2.46. The molecule has 3 fully saturated rings. The van der Waals surface area contributed by atoms with Crippen LogP contribution in [0.4, 0.5) is 17.6 Å². The highest BCUT2D eigenvalue weighted by molar-refractivity contribution is 6.31. The molecule has 2 bridgehead atoms. The number of carboxylic acids is 1. The number of hydrogen-bond acceptors (Lipinski definition) is 4. The third-order valence-corrected chi connectivity index (χ3v) is 7.35. The van der Waals surface area contributed by atoms with Gasteiger partial charge in [-0.05, 0) is 73.8 Å². The topological polar surface area (TPSA) is 62.7 Å². The lowest BCUT2D eigenvalue weighted by molar-refractivity contribution is -0.137. The van der Waals surface area contributed by atoms with Crippen LogP contribution in [0.3, 0.4) is 0 Å².